The zero-order chi connectivity index (χ0) is 15.5. The van der Waals surface area contributed by atoms with Crippen molar-refractivity contribution in [2.45, 2.75) is 43.9 Å². The van der Waals surface area contributed by atoms with Gasteiger partial charge in [-0.3, -0.25) is 4.55 Å². The summed E-state index contributed by atoms with van der Waals surface area (Å²) < 4.78 is 37.9. The summed E-state index contributed by atoms with van der Waals surface area (Å²) in [5.41, 5.74) is 0.0481. The third kappa shape index (κ3) is 4.63. The topological polar surface area (TPSA) is 166 Å². The number of aliphatic hydroxyl groups excluding tert-OH is 4. The maximum atomic E-state index is 10.3. The summed E-state index contributed by atoms with van der Waals surface area (Å²) in [6.07, 6.45) is -6.69. The van der Waals surface area contributed by atoms with Crippen LogP contribution < -0.4 is 0 Å². The Labute approximate surface area is 115 Å². The van der Waals surface area contributed by atoms with Crippen molar-refractivity contribution in [2.75, 3.05) is 6.61 Å². The molecule has 1 heterocycles. The van der Waals surface area contributed by atoms with E-state index in [9.17, 15) is 23.7 Å². The number of oxime groups is 1. The van der Waals surface area contributed by atoms with Gasteiger partial charge in [0.2, 0.25) is 0 Å². The van der Waals surface area contributed by atoms with E-state index in [2.05, 4.69) is 9.44 Å². The van der Waals surface area contributed by atoms with Crippen LogP contribution in [0.25, 0.3) is 0 Å². The standard InChI is InChI=1S/C9H17NO9S/c1-4(10-19-20(15,16)17)2-5-7(12)9(14)8(13)6(3-11)18-5/h5-9,11-14H,2-3H2,1H3,(H,15,16,17)/t5-,6+,7-,8+,9+/m0/s1. The lowest BCUT2D eigenvalue weighted by Gasteiger charge is -2.40. The van der Waals surface area contributed by atoms with E-state index in [4.69, 9.17) is 14.4 Å². The maximum absolute atomic E-state index is 10.3. The minimum absolute atomic E-state index is 0.0481. The van der Waals surface area contributed by atoms with Crippen molar-refractivity contribution in [3.05, 3.63) is 0 Å². The molecule has 0 aromatic carbocycles. The first-order chi connectivity index (χ1) is 9.15. The van der Waals surface area contributed by atoms with Gasteiger partial charge in [-0.2, -0.15) is 8.42 Å². The number of hydrogen-bond donors (Lipinski definition) is 5. The number of nitrogens with zero attached hydrogens (tertiary/aromatic N) is 1. The summed E-state index contributed by atoms with van der Waals surface area (Å²) in [4.78, 5) is 0. The molecule has 20 heavy (non-hydrogen) atoms. The molecule has 0 aliphatic carbocycles. The first-order valence-corrected chi connectivity index (χ1v) is 7.02. The Balaban J connectivity index is 2.71. The van der Waals surface area contributed by atoms with Crippen LogP contribution in [0.15, 0.2) is 5.16 Å². The normalized spacial score (nSPS) is 35.9. The fourth-order valence-corrected chi connectivity index (χ4v) is 2.01. The van der Waals surface area contributed by atoms with Crippen molar-refractivity contribution >= 4 is 16.1 Å². The van der Waals surface area contributed by atoms with Gasteiger partial charge in [-0.25, -0.2) is 4.28 Å². The number of hydrogen-bond acceptors (Lipinski definition) is 9. The van der Waals surface area contributed by atoms with Gasteiger partial charge in [0.15, 0.2) is 0 Å². The predicted octanol–water partition coefficient (Wildman–Crippen LogP) is -2.59. The van der Waals surface area contributed by atoms with Crippen LogP contribution in [0, 0.1) is 0 Å². The molecule has 0 aromatic heterocycles. The Morgan fingerprint density at radius 3 is 2.25 bits per heavy atom. The molecule has 5 N–H and O–H groups in total. The molecular weight excluding hydrogens is 298 g/mol. The van der Waals surface area contributed by atoms with Gasteiger partial charge in [0.1, 0.15) is 24.4 Å². The van der Waals surface area contributed by atoms with Crippen molar-refractivity contribution < 1.29 is 42.4 Å². The minimum Gasteiger partial charge on any atom is -0.394 e. The molecule has 1 rings (SSSR count). The Kier molecular flexibility index (Phi) is 5.82. The second-order valence-corrected chi connectivity index (χ2v) is 5.40. The third-order valence-electron chi connectivity index (χ3n) is 2.78. The van der Waals surface area contributed by atoms with Gasteiger partial charge in [0, 0.05) is 6.42 Å². The lowest BCUT2D eigenvalue weighted by Crippen LogP contribution is -2.58. The second kappa shape index (κ2) is 6.76. The molecule has 10 nitrogen and oxygen atoms in total. The first kappa shape index (κ1) is 17.2. The smallest absolute Gasteiger partial charge is 0.394 e. The molecule has 0 spiro atoms. The predicted molar refractivity (Wildman–Crippen MR) is 64.1 cm³/mol. The molecule has 0 bridgehead atoms. The Morgan fingerprint density at radius 2 is 1.75 bits per heavy atom. The van der Waals surface area contributed by atoms with Crippen LogP contribution in [0.1, 0.15) is 13.3 Å². The Morgan fingerprint density at radius 1 is 1.20 bits per heavy atom. The quantitative estimate of drug-likeness (QED) is 0.208. The van der Waals surface area contributed by atoms with Gasteiger partial charge >= 0.3 is 10.4 Å². The van der Waals surface area contributed by atoms with E-state index in [0.29, 0.717) is 0 Å². The minimum atomic E-state index is -4.73. The monoisotopic (exact) mass is 315 g/mol. The van der Waals surface area contributed by atoms with Gasteiger partial charge in [-0.1, -0.05) is 5.16 Å². The van der Waals surface area contributed by atoms with Gasteiger partial charge in [0.05, 0.1) is 18.4 Å². The van der Waals surface area contributed by atoms with Gasteiger partial charge in [-0.15, -0.1) is 0 Å². The SMILES string of the molecule is CC(C[C@@H]1O[C@H](CO)[C@@H](O)[C@H](O)[C@H]1O)=NOS(=O)(=O)O. The average molecular weight is 315 g/mol. The fourth-order valence-electron chi connectivity index (χ4n) is 1.79. The zero-order valence-electron chi connectivity index (χ0n) is 10.5. The molecular formula is C9H17NO9S. The maximum Gasteiger partial charge on any atom is 0.466 e. The summed E-state index contributed by atoms with van der Waals surface area (Å²) in [7, 11) is -4.73. The zero-order valence-corrected chi connectivity index (χ0v) is 11.3. The van der Waals surface area contributed by atoms with E-state index >= 15 is 0 Å². The van der Waals surface area contributed by atoms with E-state index < -0.39 is 47.5 Å². The van der Waals surface area contributed by atoms with Crippen LogP contribution in [0.3, 0.4) is 0 Å². The van der Waals surface area contributed by atoms with E-state index in [1.54, 1.807) is 0 Å². The second-order valence-electron chi connectivity index (χ2n) is 4.40. The van der Waals surface area contributed by atoms with E-state index in [1.807, 2.05) is 0 Å². The lowest BCUT2D eigenvalue weighted by atomic mass is 9.93. The number of aliphatic hydroxyl groups is 4. The van der Waals surface area contributed by atoms with Crippen LogP contribution in [-0.2, 0) is 19.4 Å². The molecule has 1 aliphatic rings. The average Bonchev–Trinajstić information content (AvgIpc) is 2.36. The highest BCUT2D eigenvalue weighted by Crippen LogP contribution is 2.23. The van der Waals surface area contributed by atoms with Gasteiger partial charge in [0.25, 0.3) is 0 Å². The Hall–Kier alpha value is -0.820. The number of ether oxygens (including phenoxy) is 1. The molecule has 0 radical (unpaired) electrons. The highest BCUT2D eigenvalue weighted by atomic mass is 32.3. The summed E-state index contributed by atoms with van der Waals surface area (Å²) in [6.45, 7) is 0.770. The molecule has 118 valence electrons. The van der Waals surface area contributed by atoms with Crippen molar-refractivity contribution in [3.8, 4) is 0 Å². The van der Waals surface area contributed by atoms with Crippen molar-refractivity contribution in [1.29, 1.82) is 0 Å². The van der Waals surface area contributed by atoms with Crippen LogP contribution in [0.2, 0.25) is 0 Å². The van der Waals surface area contributed by atoms with Crippen LogP contribution in [-0.4, -0.2) is 76.2 Å². The van der Waals surface area contributed by atoms with Crippen LogP contribution in [0.5, 0.6) is 0 Å². The van der Waals surface area contributed by atoms with Crippen LogP contribution in [0.4, 0.5) is 0 Å². The van der Waals surface area contributed by atoms with E-state index in [-0.39, 0.29) is 12.1 Å². The summed E-state index contributed by atoms with van der Waals surface area (Å²) in [5.74, 6) is 0. The third-order valence-corrected chi connectivity index (χ3v) is 3.04. The van der Waals surface area contributed by atoms with Crippen molar-refractivity contribution in [2.24, 2.45) is 5.16 Å². The van der Waals surface area contributed by atoms with E-state index in [0.717, 1.165) is 0 Å². The van der Waals surface area contributed by atoms with Crippen molar-refractivity contribution in [3.63, 3.8) is 0 Å². The summed E-state index contributed by atoms with van der Waals surface area (Å²) >= 11 is 0. The fraction of sp³-hybridized carbons (Fsp3) is 0.889. The Bertz CT molecular complexity index is 448. The highest BCUT2D eigenvalue weighted by molar-refractivity contribution is 7.80. The molecule has 1 saturated heterocycles. The molecule has 5 atom stereocenters. The van der Waals surface area contributed by atoms with Gasteiger partial charge < -0.3 is 25.2 Å². The molecule has 11 heteroatoms. The largest absolute Gasteiger partial charge is 0.466 e. The molecule has 0 saturated carbocycles. The number of rotatable bonds is 5. The van der Waals surface area contributed by atoms with E-state index in [1.165, 1.54) is 6.92 Å². The highest BCUT2D eigenvalue weighted by Gasteiger charge is 2.43. The summed E-state index contributed by atoms with van der Waals surface area (Å²) in [6, 6.07) is 0. The summed E-state index contributed by atoms with van der Waals surface area (Å²) in [5, 5.41) is 40.9. The van der Waals surface area contributed by atoms with Crippen molar-refractivity contribution in [1.82, 2.24) is 0 Å². The van der Waals surface area contributed by atoms with Gasteiger partial charge in [-0.05, 0) is 6.92 Å². The van der Waals surface area contributed by atoms with Crippen LogP contribution >= 0.6 is 0 Å². The molecule has 0 amide bonds. The molecule has 0 aromatic rings. The molecule has 1 aliphatic heterocycles. The molecule has 0 unspecified atom stereocenters. The lowest BCUT2D eigenvalue weighted by molar-refractivity contribution is -0.227. The first-order valence-electron chi connectivity index (χ1n) is 5.65. The molecule has 1 fully saturated rings.